The van der Waals surface area contributed by atoms with Crippen LogP contribution in [-0.2, 0) is 6.18 Å². The van der Waals surface area contributed by atoms with Gasteiger partial charge in [0.15, 0.2) is 5.82 Å². The van der Waals surface area contributed by atoms with Gasteiger partial charge >= 0.3 is 6.18 Å². The van der Waals surface area contributed by atoms with Gasteiger partial charge in [0.05, 0.1) is 11.6 Å². The van der Waals surface area contributed by atoms with E-state index in [1.54, 1.807) is 13.0 Å². The Hall–Kier alpha value is -3.54. The molecule has 1 saturated carbocycles. The zero-order valence-electron chi connectivity index (χ0n) is 17.1. The third kappa shape index (κ3) is 5.28. The zero-order valence-corrected chi connectivity index (χ0v) is 17.9. The Balaban J connectivity index is 1.62. The normalized spacial score (nSPS) is 14.6. The molecule has 4 rings (SSSR count). The number of hydrogen-bond acceptors (Lipinski definition) is 6. The standard InChI is InChI=1S/C20H17ClF3N7O2/c1-10(27-17(32)11-7-12(20(22,23)24)9-13(21)8-11)16-29-15(18(33)28-14-3-4-14)30-31(16)19-25-5-2-6-26-19/h2,5-10,14H,3-4H2,1H3,(H,27,32)(H,28,33). The number of nitrogens with zero attached hydrogens (tertiary/aromatic N) is 5. The minimum atomic E-state index is -4.67. The Kier molecular flexibility index (Phi) is 6.02. The van der Waals surface area contributed by atoms with Crippen LogP contribution in [0.3, 0.4) is 0 Å². The number of rotatable bonds is 6. The summed E-state index contributed by atoms with van der Waals surface area (Å²) in [6.45, 7) is 1.54. The molecule has 2 aromatic heterocycles. The Morgan fingerprint density at radius 1 is 1.15 bits per heavy atom. The van der Waals surface area contributed by atoms with Crippen molar-refractivity contribution in [1.29, 1.82) is 0 Å². The van der Waals surface area contributed by atoms with Gasteiger partial charge in [-0.3, -0.25) is 9.59 Å². The van der Waals surface area contributed by atoms with E-state index in [0.717, 1.165) is 25.0 Å². The molecule has 3 aromatic rings. The van der Waals surface area contributed by atoms with Gasteiger partial charge in [-0.2, -0.15) is 17.9 Å². The van der Waals surface area contributed by atoms with Crippen molar-refractivity contribution in [2.24, 2.45) is 0 Å². The average molecular weight is 480 g/mol. The predicted octanol–water partition coefficient (Wildman–Crippen LogP) is 3.11. The molecule has 0 radical (unpaired) electrons. The summed E-state index contributed by atoms with van der Waals surface area (Å²) in [5.74, 6) is -1.23. The minimum Gasteiger partial charge on any atom is -0.347 e. The van der Waals surface area contributed by atoms with Crippen molar-refractivity contribution in [1.82, 2.24) is 35.4 Å². The molecule has 13 heteroatoms. The van der Waals surface area contributed by atoms with Gasteiger partial charge in [-0.15, -0.1) is 5.10 Å². The van der Waals surface area contributed by atoms with E-state index in [1.165, 1.54) is 17.1 Å². The number of amides is 2. The molecule has 0 saturated heterocycles. The van der Waals surface area contributed by atoms with Crippen LogP contribution in [0.2, 0.25) is 5.02 Å². The molecular formula is C20H17ClF3N7O2. The molecule has 0 aliphatic heterocycles. The summed E-state index contributed by atoms with van der Waals surface area (Å²) >= 11 is 5.78. The number of benzene rings is 1. The maximum absolute atomic E-state index is 13.1. The van der Waals surface area contributed by atoms with Gasteiger partial charge < -0.3 is 10.6 Å². The number of nitrogens with one attached hydrogen (secondary N) is 2. The van der Waals surface area contributed by atoms with Gasteiger partial charge in [-0.1, -0.05) is 11.6 Å². The van der Waals surface area contributed by atoms with Crippen LogP contribution < -0.4 is 10.6 Å². The van der Waals surface area contributed by atoms with Gasteiger partial charge in [0.2, 0.25) is 5.82 Å². The molecule has 1 aromatic carbocycles. The van der Waals surface area contributed by atoms with E-state index in [2.05, 4.69) is 30.7 Å². The molecule has 9 nitrogen and oxygen atoms in total. The molecule has 1 aliphatic rings. The van der Waals surface area contributed by atoms with Crippen molar-refractivity contribution in [2.75, 3.05) is 0 Å². The zero-order chi connectivity index (χ0) is 23.8. The first-order chi connectivity index (χ1) is 15.6. The predicted molar refractivity (Wildman–Crippen MR) is 110 cm³/mol. The van der Waals surface area contributed by atoms with E-state index in [9.17, 15) is 22.8 Å². The van der Waals surface area contributed by atoms with E-state index in [4.69, 9.17) is 11.6 Å². The highest BCUT2D eigenvalue weighted by atomic mass is 35.5. The number of alkyl halides is 3. The second-order valence-electron chi connectivity index (χ2n) is 7.42. The van der Waals surface area contributed by atoms with Crippen molar-refractivity contribution in [3.05, 3.63) is 64.5 Å². The largest absolute Gasteiger partial charge is 0.416 e. The van der Waals surface area contributed by atoms with Gasteiger partial charge in [-0.25, -0.2) is 15.0 Å². The Labute approximate surface area is 190 Å². The highest BCUT2D eigenvalue weighted by Gasteiger charge is 2.32. The number of halogens is 4. The Morgan fingerprint density at radius 2 is 1.85 bits per heavy atom. The quantitative estimate of drug-likeness (QED) is 0.561. The van der Waals surface area contributed by atoms with Gasteiger partial charge in [0.25, 0.3) is 17.8 Å². The van der Waals surface area contributed by atoms with Gasteiger partial charge in [-0.05, 0) is 44.0 Å². The molecule has 1 atom stereocenters. The summed E-state index contributed by atoms with van der Waals surface area (Å²) in [7, 11) is 0. The molecule has 2 heterocycles. The lowest BCUT2D eigenvalue weighted by atomic mass is 10.1. The number of aromatic nitrogens is 5. The Bertz CT molecular complexity index is 1200. The van der Waals surface area contributed by atoms with Crippen LogP contribution in [-0.4, -0.2) is 42.6 Å². The maximum atomic E-state index is 13.1. The smallest absolute Gasteiger partial charge is 0.347 e. The number of carbonyl (C=O) groups excluding carboxylic acids is 2. The van der Waals surface area contributed by atoms with E-state index in [-0.39, 0.29) is 34.2 Å². The molecule has 0 bridgehead atoms. The third-order valence-electron chi connectivity index (χ3n) is 4.71. The SMILES string of the molecule is CC(NC(=O)c1cc(Cl)cc(C(F)(F)F)c1)c1nc(C(=O)NC2CC2)nn1-c1ncccn1. The summed E-state index contributed by atoms with van der Waals surface area (Å²) in [4.78, 5) is 37.5. The first kappa shape index (κ1) is 22.6. The summed E-state index contributed by atoms with van der Waals surface area (Å²) in [5, 5.41) is 9.26. The second-order valence-corrected chi connectivity index (χ2v) is 7.86. The van der Waals surface area contributed by atoms with Crippen LogP contribution in [0, 0.1) is 0 Å². The van der Waals surface area contributed by atoms with Crippen molar-refractivity contribution < 1.29 is 22.8 Å². The van der Waals surface area contributed by atoms with Crippen LogP contribution >= 0.6 is 11.6 Å². The third-order valence-corrected chi connectivity index (χ3v) is 4.93. The first-order valence-corrected chi connectivity index (χ1v) is 10.2. The fourth-order valence-corrected chi connectivity index (χ4v) is 3.19. The topological polar surface area (TPSA) is 115 Å². The molecule has 1 unspecified atom stereocenters. The van der Waals surface area contributed by atoms with Crippen LogP contribution in [0.5, 0.6) is 0 Å². The number of carbonyl (C=O) groups is 2. The molecule has 1 fully saturated rings. The maximum Gasteiger partial charge on any atom is 0.416 e. The molecule has 0 spiro atoms. The minimum absolute atomic E-state index is 0.0728. The summed E-state index contributed by atoms with van der Waals surface area (Å²) < 4.78 is 40.5. The highest BCUT2D eigenvalue weighted by Crippen LogP contribution is 2.32. The number of hydrogen-bond donors (Lipinski definition) is 2. The fraction of sp³-hybridized carbons (Fsp3) is 0.300. The van der Waals surface area contributed by atoms with Crippen molar-refractivity contribution in [2.45, 2.75) is 38.0 Å². The van der Waals surface area contributed by atoms with E-state index >= 15 is 0 Å². The van der Waals surface area contributed by atoms with Crippen molar-refractivity contribution in [3.8, 4) is 5.95 Å². The van der Waals surface area contributed by atoms with Crippen LogP contribution in [0.25, 0.3) is 5.95 Å². The fourth-order valence-electron chi connectivity index (χ4n) is 2.95. The molecule has 33 heavy (non-hydrogen) atoms. The lowest BCUT2D eigenvalue weighted by Gasteiger charge is -2.15. The lowest BCUT2D eigenvalue weighted by Crippen LogP contribution is -2.29. The highest BCUT2D eigenvalue weighted by molar-refractivity contribution is 6.31. The van der Waals surface area contributed by atoms with Gasteiger partial charge in [0, 0.05) is 29.0 Å². The van der Waals surface area contributed by atoms with Crippen molar-refractivity contribution >= 4 is 23.4 Å². The average Bonchev–Trinajstić information content (AvgIpc) is 3.46. The van der Waals surface area contributed by atoms with Crippen LogP contribution in [0.4, 0.5) is 13.2 Å². The van der Waals surface area contributed by atoms with E-state index in [0.29, 0.717) is 6.07 Å². The summed E-state index contributed by atoms with van der Waals surface area (Å²) in [6.07, 6.45) is -0.00233. The van der Waals surface area contributed by atoms with Crippen molar-refractivity contribution in [3.63, 3.8) is 0 Å². The van der Waals surface area contributed by atoms with E-state index < -0.39 is 29.6 Å². The van der Waals surface area contributed by atoms with Crippen LogP contribution in [0.15, 0.2) is 36.7 Å². The lowest BCUT2D eigenvalue weighted by molar-refractivity contribution is -0.137. The Morgan fingerprint density at radius 3 is 2.48 bits per heavy atom. The molecule has 2 amide bonds. The van der Waals surface area contributed by atoms with Crippen LogP contribution in [0.1, 0.15) is 58.2 Å². The molecular weight excluding hydrogens is 463 g/mol. The molecule has 1 aliphatic carbocycles. The summed E-state index contributed by atoms with van der Waals surface area (Å²) in [5.41, 5.74) is -1.33. The monoisotopic (exact) mass is 479 g/mol. The van der Waals surface area contributed by atoms with E-state index in [1.807, 2.05) is 0 Å². The molecule has 2 N–H and O–H groups in total. The first-order valence-electron chi connectivity index (χ1n) is 9.85. The second kappa shape index (κ2) is 8.77. The summed E-state index contributed by atoms with van der Waals surface area (Å²) in [6, 6.07) is 3.35. The van der Waals surface area contributed by atoms with Gasteiger partial charge in [0.1, 0.15) is 0 Å². The molecule has 172 valence electrons.